The molecule has 0 aliphatic heterocycles. The summed E-state index contributed by atoms with van der Waals surface area (Å²) in [5.41, 5.74) is 6.79. The number of nitrogens with two attached hydrogens (primary N) is 1. The van der Waals surface area contributed by atoms with Crippen molar-refractivity contribution in [1.29, 1.82) is 0 Å². The summed E-state index contributed by atoms with van der Waals surface area (Å²) in [5, 5.41) is 6.64. The number of aromatic nitrogens is 4. The number of anilines is 2. The zero-order valence-corrected chi connectivity index (χ0v) is 15.0. The van der Waals surface area contributed by atoms with E-state index in [1.807, 2.05) is 31.2 Å². The van der Waals surface area contributed by atoms with Crippen LogP contribution in [0.5, 0.6) is 0 Å². The molecule has 0 aliphatic rings. The number of nitrogens with one attached hydrogen (secondary N) is 2. The highest BCUT2D eigenvalue weighted by Crippen LogP contribution is 2.12. The third kappa shape index (κ3) is 3.81. The standard InChI is InChI=1S/C18H20N6O3/c1-3-24-15(19)14(17(26)22-18(24)27)21-16(25)13-8-20-23(10-13)9-12-6-4-5-11(2)7-12/h4-8,10H,3,9,19H2,1-2H3,(H,21,25)(H,22,26,27). The zero-order valence-electron chi connectivity index (χ0n) is 15.0. The number of hydrogen-bond donors (Lipinski definition) is 3. The van der Waals surface area contributed by atoms with E-state index >= 15 is 0 Å². The number of aromatic amines is 1. The number of hydrogen-bond acceptors (Lipinski definition) is 5. The highest BCUT2D eigenvalue weighted by atomic mass is 16.2. The van der Waals surface area contributed by atoms with Crippen molar-refractivity contribution in [3.8, 4) is 0 Å². The van der Waals surface area contributed by atoms with E-state index in [4.69, 9.17) is 5.73 Å². The molecule has 0 atom stereocenters. The van der Waals surface area contributed by atoms with Crippen molar-refractivity contribution in [1.82, 2.24) is 19.3 Å². The van der Waals surface area contributed by atoms with Gasteiger partial charge < -0.3 is 11.1 Å². The van der Waals surface area contributed by atoms with Crippen molar-refractivity contribution in [2.75, 3.05) is 11.1 Å². The van der Waals surface area contributed by atoms with E-state index < -0.39 is 17.2 Å². The van der Waals surface area contributed by atoms with Gasteiger partial charge in [-0.2, -0.15) is 5.10 Å². The van der Waals surface area contributed by atoms with Gasteiger partial charge in [0.25, 0.3) is 11.5 Å². The highest BCUT2D eigenvalue weighted by Gasteiger charge is 2.16. The van der Waals surface area contributed by atoms with Crippen molar-refractivity contribution in [3.05, 3.63) is 74.2 Å². The smallest absolute Gasteiger partial charge is 0.330 e. The molecule has 0 spiro atoms. The van der Waals surface area contributed by atoms with Crippen LogP contribution in [-0.2, 0) is 13.1 Å². The second-order valence-corrected chi connectivity index (χ2v) is 6.13. The number of carbonyl (C=O) groups is 1. The number of carbonyl (C=O) groups excluding carboxylic acids is 1. The van der Waals surface area contributed by atoms with Gasteiger partial charge in [0.1, 0.15) is 11.5 Å². The van der Waals surface area contributed by atoms with E-state index in [9.17, 15) is 14.4 Å². The van der Waals surface area contributed by atoms with Gasteiger partial charge in [0, 0.05) is 12.7 Å². The Morgan fingerprint density at radius 2 is 2.11 bits per heavy atom. The Morgan fingerprint density at radius 1 is 1.33 bits per heavy atom. The summed E-state index contributed by atoms with van der Waals surface area (Å²) in [7, 11) is 0. The van der Waals surface area contributed by atoms with Crippen LogP contribution in [0, 0.1) is 6.92 Å². The molecule has 0 fully saturated rings. The van der Waals surface area contributed by atoms with Crippen LogP contribution >= 0.6 is 0 Å². The van der Waals surface area contributed by atoms with Gasteiger partial charge in [-0.3, -0.25) is 23.8 Å². The van der Waals surface area contributed by atoms with Crippen molar-refractivity contribution < 1.29 is 4.79 Å². The van der Waals surface area contributed by atoms with Crippen LogP contribution in [0.25, 0.3) is 0 Å². The number of H-pyrrole nitrogens is 1. The van der Waals surface area contributed by atoms with Gasteiger partial charge >= 0.3 is 5.69 Å². The molecule has 2 heterocycles. The Bertz CT molecular complexity index is 1110. The number of nitrogen functional groups attached to an aromatic ring is 1. The summed E-state index contributed by atoms with van der Waals surface area (Å²) in [6, 6.07) is 7.97. The number of aryl methyl sites for hydroxylation is 1. The first kappa shape index (κ1) is 18.2. The minimum absolute atomic E-state index is 0.0910. The Kier molecular flexibility index (Phi) is 4.93. The molecule has 1 aromatic carbocycles. The maximum Gasteiger partial charge on any atom is 0.330 e. The molecule has 1 amide bonds. The monoisotopic (exact) mass is 368 g/mol. The van der Waals surface area contributed by atoms with Crippen molar-refractivity contribution in [2.45, 2.75) is 26.9 Å². The number of benzene rings is 1. The lowest BCUT2D eigenvalue weighted by molar-refractivity contribution is 0.102. The largest absolute Gasteiger partial charge is 0.383 e. The molecular formula is C18H20N6O3. The fourth-order valence-corrected chi connectivity index (χ4v) is 2.77. The van der Waals surface area contributed by atoms with Crippen molar-refractivity contribution in [2.24, 2.45) is 0 Å². The Hall–Kier alpha value is -3.62. The van der Waals surface area contributed by atoms with E-state index in [-0.39, 0.29) is 23.6 Å². The van der Waals surface area contributed by atoms with Gasteiger partial charge in [0.15, 0.2) is 0 Å². The summed E-state index contributed by atoms with van der Waals surface area (Å²) in [5.74, 6) is -0.629. The van der Waals surface area contributed by atoms with Crippen LogP contribution in [0.3, 0.4) is 0 Å². The summed E-state index contributed by atoms with van der Waals surface area (Å²) in [6.07, 6.45) is 2.99. The van der Waals surface area contributed by atoms with E-state index in [1.54, 1.807) is 17.8 Å². The third-order valence-electron chi connectivity index (χ3n) is 4.12. The van der Waals surface area contributed by atoms with Crippen molar-refractivity contribution in [3.63, 3.8) is 0 Å². The summed E-state index contributed by atoms with van der Waals surface area (Å²) in [4.78, 5) is 38.3. The highest BCUT2D eigenvalue weighted by molar-refractivity contribution is 6.05. The first-order valence-corrected chi connectivity index (χ1v) is 8.41. The molecule has 0 unspecified atom stereocenters. The molecule has 2 aromatic heterocycles. The zero-order chi connectivity index (χ0) is 19.6. The molecule has 0 saturated heterocycles. The first-order chi connectivity index (χ1) is 12.9. The average Bonchev–Trinajstić information content (AvgIpc) is 3.07. The predicted molar refractivity (Wildman–Crippen MR) is 102 cm³/mol. The van der Waals surface area contributed by atoms with Gasteiger partial charge in [-0.15, -0.1) is 0 Å². The maximum atomic E-state index is 12.5. The van der Waals surface area contributed by atoms with E-state index in [1.165, 1.54) is 6.20 Å². The molecule has 0 bridgehead atoms. The molecule has 0 saturated carbocycles. The SMILES string of the molecule is CCn1c(N)c(NC(=O)c2cnn(Cc3cccc(C)c3)c2)c(=O)[nH]c1=O. The predicted octanol–water partition coefficient (Wildman–Crippen LogP) is 0.944. The van der Waals surface area contributed by atoms with Crippen LogP contribution in [0.1, 0.15) is 28.4 Å². The second-order valence-electron chi connectivity index (χ2n) is 6.13. The molecule has 140 valence electrons. The lowest BCUT2D eigenvalue weighted by Crippen LogP contribution is -2.34. The minimum Gasteiger partial charge on any atom is -0.383 e. The topological polar surface area (TPSA) is 128 Å². The van der Waals surface area contributed by atoms with Gasteiger partial charge in [-0.25, -0.2) is 4.79 Å². The summed E-state index contributed by atoms with van der Waals surface area (Å²) < 4.78 is 2.79. The molecule has 3 rings (SSSR count). The Labute approximate surface area is 154 Å². The van der Waals surface area contributed by atoms with E-state index in [0.29, 0.717) is 6.54 Å². The first-order valence-electron chi connectivity index (χ1n) is 8.41. The fraction of sp³-hybridized carbons (Fsp3) is 0.222. The molecule has 27 heavy (non-hydrogen) atoms. The third-order valence-corrected chi connectivity index (χ3v) is 4.12. The van der Waals surface area contributed by atoms with Crippen LogP contribution in [0.2, 0.25) is 0 Å². The normalized spacial score (nSPS) is 10.7. The molecule has 3 aromatic rings. The van der Waals surface area contributed by atoms with Gasteiger partial charge in [-0.05, 0) is 19.4 Å². The van der Waals surface area contributed by atoms with Gasteiger partial charge in [-0.1, -0.05) is 29.8 Å². The lowest BCUT2D eigenvalue weighted by Gasteiger charge is -2.11. The average molecular weight is 368 g/mol. The molecular weight excluding hydrogens is 348 g/mol. The minimum atomic E-state index is -0.747. The molecule has 0 aliphatic carbocycles. The van der Waals surface area contributed by atoms with Crippen LogP contribution in [0.15, 0.2) is 46.2 Å². The Balaban J connectivity index is 1.81. The lowest BCUT2D eigenvalue weighted by atomic mass is 10.1. The van der Waals surface area contributed by atoms with Crippen LogP contribution in [0.4, 0.5) is 11.5 Å². The van der Waals surface area contributed by atoms with Gasteiger partial charge in [0.05, 0.1) is 18.3 Å². The second kappa shape index (κ2) is 7.32. The number of rotatable bonds is 5. The van der Waals surface area contributed by atoms with Crippen LogP contribution in [-0.4, -0.2) is 25.2 Å². The number of amides is 1. The summed E-state index contributed by atoms with van der Waals surface area (Å²) >= 11 is 0. The number of nitrogens with zero attached hydrogens (tertiary/aromatic N) is 3. The molecule has 9 nitrogen and oxygen atoms in total. The maximum absolute atomic E-state index is 12.5. The van der Waals surface area contributed by atoms with Crippen LogP contribution < -0.4 is 22.3 Å². The summed E-state index contributed by atoms with van der Waals surface area (Å²) in [6.45, 7) is 4.48. The Morgan fingerprint density at radius 3 is 2.81 bits per heavy atom. The van der Waals surface area contributed by atoms with E-state index in [0.717, 1.165) is 15.7 Å². The molecule has 0 radical (unpaired) electrons. The quantitative estimate of drug-likeness (QED) is 0.618. The molecule has 4 N–H and O–H groups in total. The molecule has 9 heteroatoms. The fourth-order valence-electron chi connectivity index (χ4n) is 2.77. The van der Waals surface area contributed by atoms with Gasteiger partial charge in [0.2, 0.25) is 0 Å². The van der Waals surface area contributed by atoms with E-state index in [2.05, 4.69) is 15.4 Å². The van der Waals surface area contributed by atoms with Crippen molar-refractivity contribution >= 4 is 17.4 Å².